The molecule has 2 unspecified atom stereocenters. The second-order valence-electron chi connectivity index (χ2n) is 12.4. The largest absolute Gasteiger partial charge is 0.394 e. The number of hydrogen-bond acceptors (Lipinski definition) is 5. The van der Waals surface area contributed by atoms with Crippen molar-refractivity contribution < 1.29 is 19.5 Å². The molecule has 3 aliphatic rings. The molecular formula is C36H45N3O4S. The zero-order chi connectivity index (χ0) is 31.5. The molecule has 44 heavy (non-hydrogen) atoms. The van der Waals surface area contributed by atoms with Crippen molar-refractivity contribution >= 4 is 35.2 Å². The van der Waals surface area contributed by atoms with E-state index in [4.69, 9.17) is 0 Å². The minimum absolute atomic E-state index is 0.120. The van der Waals surface area contributed by atoms with Crippen molar-refractivity contribution in [3.8, 4) is 0 Å². The van der Waals surface area contributed by atoms with Crippen LogP contribution >= 0.6 is 11.8 Å². The van der Waals surface area contributed by atoms with Crippen LogP contribution in [0.4, 0.5) is 5.69 Å². The van der Waals surface area contributed by atoms with Crippen LogP contribution in [-0.4, -0.2) is 74.4 Å². The molecule has 0 saturated carbocycles. The van der Waals surface area contributed by atoms with Gasteiger partial charge in [-0.25, -0.2) is 0 Å². The summed E-state index contributed by atoms with van der Waals surface area (Å²) in [6, 6.07) is 17.4. The van der Waals surface area contributed by atoms with Crippen molar-refractivity contribution in [1.82, 2.24) is 9.80 Å². The Hall–Kier alpha value is -3.36. The van der Waals surface area contributed by atoms with Gasteiger partial charge in [-0.3, -0.25) is 14.4 Å². The molecular weight excluding hydrogens is 570 g/mol. The maximum Gasteiger partial charge on any atom is 0.247 e. The number of para-hydroxylation sites is 1. The lowest BCUT2D eigenvalue weighted by Crippen LogP contribution is -2.56. The van der Waals surface area contributed by atoms with Crippen molar-refractivity contribution in [2.75, 3.05) is 31.1 Å². The van der Waals surface area contributed by atoms with E-state index in [2.05, 4.69) is 27.0 Å². The fourth-order valence-corrected chi connectivity index (χ4v) is 10.1. The molecule has 3 heterocycles. The number of benzene rings is 2. The summed E-state index contributed by atoms with van der Waals surface area (Å²) in [7, 11) is 0. The quantitative estimate of drug-likeness (QED) is 0.220. The Labute approximate surface area is 266 Å². The summed E-state index contributed by atoms with van der Waals surface area (Å²) in [5.74, 6) is -1.79. The summed E-state index contributed by atoms with van der Waals surface area (Å²) in [6.45, 7) is 13.0. The molecule has 1 spiro atoms. The van der Waals surface area contributed by atoms with Gasteiger partial charge in [-0.1, -0.05) is 80.4 Å². The number of carbonyl (C=O) groups is 3. The Morgan fingerprint density at radius 2 is 1.68 bits per heavy atom. The average Bonchev–Trinajstić information content (AvgIpc) is 3.61. The maximum atomic E-state index is 14.9. The van der Waals surface area contributed by atoms with Crippen molar-refractivity contribution in [1.29, 1.82) is 0 Å². The summed E-state index contributed by atoms with van der Waals surface area (Å²) < 4.78 is -1.30. The molecule has 2 aromatic rings. The van der Waals surface area contributed by atoms with E-state index >= 15 is 0 Å². The van der Waals surface area contributed by atoms with Crippen LogP contribution in [0.15, 0.2) is 86.0 Å². The molecule has 3 aliphatic heterocycles. The number of anilines is 1. The molecule has 6 atom stereocenters. The predicted octanol–water partition coefficient (Wildman–Crippen LogP) is 5.63. The second kappa shape index (κ2) is 13.3. The zero-order valence-corrected chi connectivity index (χ0v) is 26.8. The van der Waals surface area contributed by atoms with Crippen LogP contribution in [0.25, 0.3) is 0 Å². The van der Waals surface area contributed by atoms with Gasteiger partial charge in [0, 0.05) is 30.1 Å². The number of unbranched alkanes of at least 4 members (excludes halogenated alkanes) is 2. The van der Waals surface area contributed by atoms with Gasteiger partial charge in [0.05, 0.1) is 29.2 Å². The number of fused-ring (bicyclic) bond motifs is 1. The fourth-order valence-electron chi connectivity index (χ4n) is 7.78. The van der Waals surface area contributed by atoms with Crippen molar-refractivity contribution in [3.63, 3.8) is 0 Å². The van der Waals surface area contributed by atoms with Gasteiger partial charge in [0.15, 0.2) is 0 Å². The molecule has 1 N–H and O–H groups in total. The Balaban J connectivity index is 1.62. The number of likely N-dealkylation sites (tertiary alicyclic amines) is 1. The number of aliphatic hydroxyl groups excluding tert-OH is 1. The minimum Gasteiger partial charge on any atom is -0.394 e. The van der Waals surface area contributed by atoms with Gasteiger partial charge in [0.25, 0.3) is 0 Å². The summed E-state index contributed by atoms with van der Waals surface area (Å²) in [5.41, 5.74) is 1.52. The number of hydrogen-bond donors (Lipinski definition) is 1. The van der Waals surface area contributed by atoms with Crippen LogP contribution in [0.1, 0.15) is 57.6 Å². The Kier molecular flexibility index (Phi) is 9.71. The first-order valence-corrected chi connectivity index (χ1v) is 16.6. The molecule has 0 radical (unpaired) electrons. The molecule has 3 saturated heterocycles. The Morgan fingerprint density at radius 1 is 1.02 bits per heavy atom. The molecule has 8 heteroatoms. The summed E-state index contributed by atoms with van der Waals surface area (Å²) in [6.07, 6.45) is 7.69. The van der Waals surface area contributed by atoms with Gasteiger partial charge in [0.1, 0.15) is 6.04 Å². The van der Waals surface area contributed by atoms with Gasteiger partial charge in [-0.2, -0.15) is 0 Å². The number of nitrogens with zero attached hydrogens (tertiary/aromatic N) is 3. The third kappa shape index (κ3) is 5.40. The lowest BCUT2D eigenvalue weighted by atomic mass is 9.66. The number of carbonyl (C=O) groups excluding carboxylic acids is 3. The number of rotatable bonds is 14. The van der Waals surface area contributed by atoms with Gasteiger partial charge in [0.2, 0.25) is 17.7 Å². The summed E-state index contributed by atoms with van der Waals surface area (Å²) in [4.78, 5) is 49.5. The molecule has 3 fully saturated rings. The van der Waals surface area contributed by atoms with Gasteiger partial charge in [-0.15, -0.1) is 24.9 Å². The van der Waals surface area contributed by atoms with E-state index in [0.29, 0.717) is 26.1 Å². The Bertz CT molecular complexity index is 1370. The SMILES string of the molecule is C=CCN(CCCCC)C(=O)C1N([C@H](CO)c2ccccc2)C(=O)[C@@H]2[C@@H](C(=O)N(CC=C)c3ccccc3)[C@@]3(C)CCC12S3. The zero-order valence-electron chi connectivity index (χ0n) is 25.9. The van der Waals surface area contributed by atoms with E-state index in [9.17, 15) is 19.5 Å². The average molecular weight is 616 g/mol. The highest BCUT2D eigenvalue weighted by Gasteiger charge is 2.78. The Morgan fingerprint density at radius 3 is 2.30 bits per heavy atom. The molecule has 7 nitrogen and oxygen atoms in total. The van der Waals surface area contributed by atoms with Gasteiger partial charge in [-0.05, 0) is 43.9 Å². The molecule has 0 aromatic heterocycles. The van der Waals surface area contributed by atoms with Crippen molar-refractivity contribution in [2.45, 2.75) is 67.5 Å². The molecule has 234 valence electrons. The second-order valence-corrected chi connectivity index (χ2v) is 14.3. The number of aliphatic hydroxyl groups is 1. The third-order valence-corrected chi connectivity index (χ3v) is 11.7. The van der Waals surface area contributed by atoms with E-state index in [0.717, 1.165) is 36.9 Å². The standard InChI is InChI=1S/C36H45N3O4S/c1-5-8-15-24-37(22-6-2)34(43)31-36-21-20-35(4,44-36)29(32(41)38(23-7-3)27-18-13-10-14-19-27)30(36)33(42)39(31)28(25-40)26-16-11-9-12-17-26/h6-7,9-14,16-19,28-31,40H,2-3,5,8,15,20-25H2,1,4H3/t28-,29+,30+,31?,35-,36?/m1/s1. The maximum absolute atomic E-state index is 14.9. The molecule has 2 aromatic carbocycles. The van der Waals surface area contributed by atoms with E-state index < -0.39 is 33.4 Å². The topological polar surface area (TPSA) is 81.2 Å². The van der Waals surface area contributed by atoms with E-state index in [1.54, 1.807) is 33.7 Å². The first-order valence-electron chi connectivity index (χ1n) is 15.8. The van der Waals surface area contributed by atoms with E-state index in [1.807, 2.05) is 65.6 Å². The normalized spacial score (nSPS) is 27.6. The summed E-state index contributed by atoms with van der Waals surface area (Å²) in [5, 5.41) is 10.8. The highest BCUT2D eigenvalue weighted by Crippen LogP contribution is 2.72. The minimum atomic E-state index is -0.812. The van der Waals surface area contributed by atoms with Gasteiger partial charge < -0.3 is 19.8 Å². The van der Waals surface area contributed by atoms with Crippen LogP contribution < -0.4 is 4.90 Å². The van der Waals surface area contributed by atoms with Crippen molar-refractivity contribution in [2.24, 2.45) is 11.8 Å². The van der Waals surface area contributed by atoms with Crippen LogP contribution in [-0.2, 0) is 14.4 Å². The first-order chi connectivity index (χ1) is 21.3. The predicted molar refractivity (Wildman–Crippen MR) is 177 cm³/mol. The molecule has 0 aliphatic carbocycles. The van der Waals surface area contributed by atoms with E-state index in [-0.39, 0.29) is 24.3 Å². The summed E-state index contributed by atoms with van der Waals surface area (Å²) >= 11 is 1.66. The number of thioether (sulfide) groups is 1. The molecule has 2 bridgehead atoms. The van der Waals surface area contributed by atoms with Crippen LogP contribution in [0.3, 0.4) is 0 Å². The lowest BCUT2D eigenvalue weighted by molar-refractivity contribution is -0.146. The van der Waals surface area contributed by atoms with Crippen LogP contribution in [0.2, 0.25) is 0 Å². The molecule has 5 rings (SSSR count). The van der Waals surface area contributed by atoms with Crippen molar-refractivity contribution in [3.05, 3.63) is 91.5 Å². The lowest BCUT2D eigenvalue weighted by Gasteiger charge is -2.40. The first kappa shape index (κ1) is 32.0. The highest BCUT2D eigenvalue weighted by atomic mass is 32.2. The number of amides is 3. The monoisotopic (exact) mass is 615 g/mol. The molecule has 3 amide bonds. The third-order valence-electron chi connectivity index (χ3n) is 9.75. The van der Waals surface area contributed by atoms with E-state index in [1.165, 1.54) is 0 Å². The fraction of sp³-hybridized carbons (Fsp3) is 0.472. The van der Waals surface area contributed by atoms with Gasteiger partial charge >= 0.3 is 0 Å². The van der Waals surface area contributed by atoms with Crippen LogP contribution in [0, 0.1) is 11.8 Å². The highest BCUT2D eigenvalue weighted by molar-refractivity contribution is 8.02. The van der Waals surface area contributed by atoms with Crippen LogP contribution in [0.5, 0.6) is 0 Å². The smallest absolute Gasteiger partial charge is 0.247 e.